The first-order valence-corrected chi connectivity index (χ1v) is 8.87. The maximum atomic E-state index is 13.4. The summed E-state index contributed by atoms with van der Waals surface area (Å²) in [5, 5.41) is 0. The fourth-order valence-electron chi connectivity index (χ4n) is 3.67. The van der Waals surface area contributed by atoms with Gasteiger partial charge in [-0.05, 0) is 25.3 Å². The Hall–Kier alpha value is -1.06. The highest BCUT2D eigenvalue weighted by Crippen LogP contribution is 2.51. The van der Waals surface area contributed by atoms with Crippen molar-refractivity contribution in [3.05, 3.63) is 18.6 Å². The van der Waals surface area contributed by atoms with Gasteiger partial charge in [-0.15, -0.1) is 0 Å². The second-order valence-electron chi connectivity index (χ2n) is 6.16. The lowest BCUT2D eigenvalue weighted by Crippen LogP contribution is -2.56. The van der Waals surface area contributed by atoms with Gasteiger partial charge in [0.15, 0.2) is 0 Å². The molecule has 0 aromatic carbocycles. The van der Waals surface area contributed by atoms with Gasteiger partial charge in [0, 0.05) is 31.7 Å². The summed E-state index contributed by atoms with van der Waals surface area (Å²) in [6.45, 7) is 0.187. The second kappa shape index (κ2) is 5.78. The van der Waals surface area contributed by atoms with E-state index in [9.17, 15) is 21.6 Å². The Morgan fingerprint density at radius 1 is 1.26 bits per heavy atom. The second-order valence-corrected chi connectivity index (χ2v) is 8.09. The van der Waals surface area contributed by atoms with Crippen molar-refractivity contribution in [3.63, 3.8) is 0 Å². The van der Waals surface area contributed by atoms with E-state index in [1.54, 1.807) is 0 Å². The Kier molecular flexibility index (Phi) is 4.22. The topological polar surface area (TPSA) is 59.8 Å². The Labute approximate surface area is 132 Å². The summed E-state index contributed by atoms with van der Waals surface area (Å²) >= 11 is 0. The van der Waals surface area contributed by atoms with E-state index in [1.807, 2.05) is 0 Å². The molecule has 3 rings (SSSR count). The van der Waals surface area contributed by atoms with Crippen LogP contribution in [0, 0.1) is 11.3 Å². The van der Waals surface area contributed by atoms with Crippen molar-refractivity contribution in [1.29, 1.82) is 0 Å². The van der Waals surface area contributed by atoms with Gasteiger partial charge in [0.1, 0.15) is 11.2 Å². The number of halogens is 3. The van der Waals surface area contributed by atoms with Gasteiger partial charge >= 0.3 is 6.18 Å². The summed E-state index contributed by atoms with van der Waals surface area (Å²) in [7, 11) is -3.83. The monoisotopic (exact) mass is 353 g/mol. The first-order chi connectivity index (χ1) is 10.8. The van der Waals surface area contributed by atoms with Crippen molar-refractivity contribution >= 4 is 10.0 Å². The molecule has 9 heteroatoms. The molecular weight excluding hydrogens is 335 g/mol. The van der Waals surface area contributed by atoms with Crippen LogP contribution in [0.3, 0.4) is 0 Å². The third kappa shape index (κ3) is 3.01. The van der Waals surface area contributed by atoms with E-state index in [1.165, 1.54) is 12.3 Å². The van der Waals surface area contributed by atoms with Crippen molar-refractivity contribution in [3.8, 4) is 0 Å². The third-order valence-electron chi connectivity index (χ3n) is 4.91. The summed E-state index contributed by atoms with van der Waals surface area (Å²) in [5.74, 6) is -1.49. The lowest BCUT2D eigenvalue weighted by Gasteiger charge is -2.50. The molecule has 1 aromatic rings. The van der Waals surface area contributed by atoms with Crippen molar-refractivity contribution in [2.45, 2.75) is 30.3 Å². The summed E-state index contributed by atoms with van der Waals surface area (Å²) in [4.78, 5) is -0.0230. The van der Waals surface area contributed by atoms with Gasteiger partial charge in [0.2, 0.25) is 10.0 Å². The predicted molar refractivity (Wildman–Crippen MR) is 74.1 cm³/mol. The Morgan fingerprint density at radius 3 is 2.52 bits per heavy atom. The quantitative estimate of drug-likeness (QED) is 0.820. The molecule has 0 saturated carbocycles. The molecule has 0 radical (unpaired) electrons. The number of sulfonamides is 1. The Morgan fingerprint density at radius 2 is 1.96 bits per heavy atom. The van der Waals surface area contributed by atoms with Crippen LogP contribution in [0.4, 0.5) is 13.2 Å². The van der Waals surface area contributed by atoms with Crippen LogP contribution in [0.15, 0.2) is 27.9 Å². The average molecular weight is 353 g/mol. The Bertz CT molecular complexity index is 635. The normalized spacial score (nSPS) is 26.5. The number of nitrogens with zero attached hydrogens (tertiary/aromatic N) is 1. The highest BCUT2D eigenvalue weighted by atomic mass is 32.2. The molecule has 1 spiro atoms. The number of rotatable bonds is 2. The Balaban J connectivity index is 1.91. The molecule has 5 nitrogen and oxygen atoms in total. The van der Waals surface area contributed by atoms with Gasteiger partial charge in [0.25, 0.3) is 0 Å². The molecule has 1 aromatic heterocycles. The maximum Gasteiger partial charge on any atom is 0.392 e. The lowest BCUT2D eigenvalue weighted by molar-refractivity contribution is -0.231. The van der Waals surface area contributed by atoms with Gasteiger partial charge in [0.05, 0.1) is 12.2 Å². The van der Waals surface area contributed by atoms with Gasteiger partial charge in [-0.3, -0.25) is 0 Å². The summed E-state index contributed by atoms with van der Waals surface area (Å²) in [5.41, 5.74) is -1.11. The van der Waals surface area contributed by atoms with Gasteiger partial charge in [-0.1, -0.05) is 0 Å². The van der Waals surface area contributed by atoms with Crippen LogP contribution in [-0.2, 0) is 14.8 Å². The van der Waals surface area contributed by atoms with Crippen molar-refractivity contribution < 1.29 is 30.7 Å². The van der Waals surface area contributed by atoms with Crippen molar-refractivity contribution in [1.82, 2.24) is 4.31 Å². The van der Waals surface area contributed by atoms with E-state index < -0.39 is 27.5 Å². The molecule has 0 aliphatic carbocycles. The molecule has 0 amide bonds. The molecule has 1 atom stereocenters. The summed E-state index contributed by atoms with van der Waals surface area (Å²) in [6.07, 6.45) is -1.78. The molecule has 2 fully saturated rings. The maximum absolute atomic E-state index is 13.4. The van der Waals surface area contributed by atoms with Crippen LogP contribution in [0.1, 0.15) is 19.3 Å². The summed E-state index contributed by atoms with van der Waals surface area (Å²) in [6, 6.07) is 1.31. The number of piperidine rings is 1. The SMILES string of the molecule is O=S(=O)(c1ccoc1)N1CCC(C(F)(F)F)C2(CCOCC2)C1. The number of furan rings is 1. The molecule has 0 bridgehead atoms. The molecule has 3 heterocycles. The van der Waals surface area contributed by atoms with Crippen LogP contribution in [-0.4, -0.2) is 45.2 Å². The van der Waals surface area contributed by atoms with Crippen LogP contribution in [0.2, 0.25) is 0 Å². The zero-order valence-corrected chi connectivity index (χ0v) is 13.2. The van der Waals surface area contributed by atoms with Gasteiger partial charge < -0.3 is 9.15 Å². The number of ether oxygens (including phenoxy) is 1. The standard InChI is InChI=1S/C14H18F3NO4S/c15-14(16,17)12-1-5-18(10-13(12)3-7-21-8-4-13)23(19,20)11-2-6-22-9-11/h2,6,9,12H,1,3-5,7-8,10H2. The van der Waals surface area contributed by atoms with Crippen LogP contribution in [0.25, 0.3) is 0 Å². The molecule has 0 N–H and O–H groups in total. The fourth-order valence-corrected chi connectivity index (χ4v) is 5.14. The molecule has 130 valence electrons. The number of hydrogen-bond acceptors (Lipinski definition) is 4. The minimum Gasteiger partial charge on any atom is -0.471 e. The number of alkyl halides is 3. The average Bonchev–Trinajstić information content (AvgIpc) is 3.01. The molecule has 2 aliphatic rings. The van der Waals surface area contributed by atoms with Gasteiger partial charge in [-0.25, -0.2) is 8.42 Å². The first-order valence-electron chi connectivity index (χ1n) is 7.43. The van der Waals surface area contributed by atoms with Crippen LogP contribution in [0.5, 0.6) is 0 Å². The summed E-state index contributed by atoms with van der Waals surface area (Å²) < 4.78 is 76.7. The van der Waals surface area contributed by atoms with E-state index in [0.29, 0.717) is 0 Å². The molecule has 2 aliphatic heterocycles. The minimum atomic E-state index is -4.33. The lowest BCUT2D eigenvalue weighted by atomic mass is 9.66. The van der Waals surface area contributed by atoms with E-state index in [0.717, 1.165) is 10.6 Å². The zero-order valence-electron chi connectivity index (χ0n) is 12.4. The van der Waals surface area contributed by atoms with Crippen LogP contribution >= 0.6 is 0 Å². The predicted octanol–water partition coefficient (Wildman–Crippen LogP) is 2.65. The van der Waals surface area contributed by atoms with E-state index in [4.69, 9.17) is 9.15 Å². The zero-order chi connectivity index (χ0) is 16.7. The van der Waals surface area contributed by atoms with Crippen molar-refractivity contribution in [2.24, 2.45) is 11.3 Å². The van der Waals surface area contributed by atoms with E-state index in [2.05, 4.69) is 0 Å². The highest BCUT2D eigenvalue weighted by molar-refractivity contribution is 7.89. The largest absolute Gasteiger partial charge is 0.471 e. The molecule has 2 saturated heterocycles. The number of hydrogen-bond donors (Lipinski definition) is 0. The molecular formula is C14H18F3NO4S. The molecule has 1 unspecified atom stereocenters. The first kappa shape index (κ1) is 16.8. The fraction of sp³-hybridized carbons (Fsp3) is 0.714. The third-order valence-corrected chi connectivity index (χ3v) is 6.73. The molecule has 23 heavy (non-hydrogen) atoms. The van der Waals surface area contributed by atoms with E-state index >= 15 is 0 Å². The van der Waals surface area contributed by atoms with Crippen LogP contribution < -0.4 is 0 Å². The van der Waals surface area contributed by atoms with E-state index in [-0.39, 0.29) is 50.5 Å². The van der Waals surface area contributed by atoms with Gasteiger partial charge in [-0.2, -0.15) is 17.5 Å². The minimum absolute atomic E-state index is 0.0230. The van der Waals surface area contributed by atoms with Crippen molar-refractivity contribution in [2.75, 3.05) is 26.3 Å². The highest BCUT2D eigenvalue weighted by Gasteiger charge is 2.57. The smallest absolute Gasteiger partial charge is 0.392 e.